The van der Waals surface area contributed by atoms with E-state index in [1.807, 2.05) is 45.4 Å². The molecule has 0 bridgehead atoms. The van der Waals surface area contributed by atoms with Gasteiger partial charge in [-0.3, -0.25) is 66.1 Å². The smallest absolute Gasteiger partial charge is 0.478 e. The average Bonchev–Trinajstić information content (AvgIpc) is 0.813. The van der Waals surface area contributed by atoms with Crippen molar-refractivity contribution in [3.8, 4) is 11.8 Å². The molecule has 5 unspecified atom stereocenters. The zero-order valence-corrected chi connectivity index (χ0v) is 76.9. The molecule has 0 spiro atoms. The van der Waals surface area contributed by atoms with E-state index >= 15 is 0 Å². The summed E-state index contributed by atoms with van der Waals surface area (Å²) in [6.45, 7) is 3.73. The second-order valence-corrected chi connectivity index (χ2v) is 43.1. The van der Waals surface area contributed by atoms with Crippen molar-refractivity contribution in [2.45, 2.75) is 188 Å². The third kappa shape index (κ3) is 24.5. The van der Waals surface area contributed by atoms with E-state index in [1.54, 1.807) is 11.9 Å². The Kier molecular flexibility index (Phi) is 31.8. The van der Waals surface area contributed by atoms with E-state index in [0.717, 1.165) is 65.4 Å². The minimum atomic E-state index is -6.14. The molecule has 6 aromatic rings. The van der Waals surface area contributed by atoms with E-state index in [4.69, 9.17) is 15.4 Å². The highest BCUT2D eigenvalue weighted by Gasteiger charge is 2.44. The van der Waals surface area contributed by atoms with Gasteiger partial charge in [0.15, 0.2) is 22.9 Å². The molecule has 1 aliphatic heterocycles. The Morgan fingerprint density at radius 1 is 0.781 bits per heavy atom. The Hall–Kier alpha value is -8.75. The Labute approximate surface area is 747 Å². The van der Waals surface area contributed by atoms with E-state index in [1.165, 1.54) is 72.8 Å². The lowest BCUT2D eigenvalue weighted by atomic mass is 9.63. The van der Waals surface area contributed by atoms with Crippen molar-refractivity contribution in [3.05, 3.63) is 180 Å². The molecule has 2 saturated carbocycles. The van der Waals surface area contributed by atoms with Gasteiger partial charge in [-0.2, -0.15) is 21.8 Å². The van der Waals surface area contributed by atoms with Crippen LogP contribution in [0.3, 0.4) is 0 Å². The van der Waals surface area contributed by atoms with Crippen LogP contribution >= 0.6 is 45.1 Å². The summed E-state index contributed by atoms with van der Waals surface area (Å²) >= 11 is 0. The number of allylic oxidation sites excluding steroid dienone is 5. The highest BCUT2D eigenvalue weighted by atomic mass is 33.1. The highest BCUT2D eigenvalue weighted by Crippen LogP contribution is 2.63. The molecule has 1 saturated heterocycles. The van der Waals surface area contributed by atoms with Gasteiger partial charge >= 0.3 is 7.82 Å². The monoisotopic (exact) mass is 1900 g/mol. The number of rotatable bonds is 36. The van der Waals surface area contributed by atoms with Crippen LogP contribution in [-0.2, 0) is 73.2 Å². The molecule has 7 atom stereocenters. The maximum absolute atomic E-state index is 14.7. The number of aromatic amines is 1. The van der Waals surface area contributed by atoms with Crippen LogP contribution in [0.4, 0.5) is 5.95 Å². The number of H-pyrrole nitrogens is 1. The topological polar surface area (TPSA) is 554 Å². The first-order valence-electron chi connectivity index (χ1n) is 41.7. The number of Topliss-reactive ketones (excluding diaryl/α,β-unsaturated/α-hetero) is 3. The number of hydrogen-bond donors (Lipinski definition) is 11. The Bertz CT molecular complexity index is 6030. The molecular weight excluding hydrogens is 1800 g/mol. The molecule has 43 heteroatoms. The number of nitrogens with zero attached hydrogens (tertiary/aromatic N) is 4. The third-order valence-corrected chi connectivity index (χ3v) is 31.8. The number of aliphatic hydroxyl groups excluding tert-OH is 1. The molecule has 688 valence electrons. The van der Waals surface area contributed by atoms with Crippen LogP contribution in [-0.4, -0.2) is 195 Å². The van der Waals surface area contributed by atoms with Crippen molar-refractivity contribution in [2.75, 3.05) is 65.1 Å². The molecule has 0 radical (unpaired) electrons. The summed E-state index contributed by atoms with van der Waals surface area (Å²) in [4.78, 5) is 156. The highest BCUT2D eigenvalue weighted by molar-refractivity contribution is 8.76. The fraction of sp³-hybridized carbons (Fsp3) is 0.459. The number of carbonyl (C=O) groups is 7. The number of amides is 4. The molecule has 3 fully saturated rings. The first kappa shape index (κ1) is 98.3. The van der Waals surface area contributed by atoms with E-state index in [-0.39, 0.29) is 119 Å². The van der Waals surface area contributed by atoms with E-state index in [0.29, 0.717) is 94.2 Å². The summed E-state index contributed by atoms with van der Waals surface area (Å²) in [5, 5.41) is 22.5. The number of fused-ring (bicyclic) bond motifs is 4. The second kappa shape index (κ2) is 41.4. The number of nitrogen functional groups attached to an aromatic ring is 1. The van der Waals surface area contributed by atoms with Crippen molar-refractivity contribution in [1.82, 2.24) is 40.7 Å². The summed E-state index contributed by atoms with van der Waals surface area (Å²) in [6, 6.07) is 18.8. The molecule has 6 aliphatic rings. The number of carbonyl (C=O) groups excluding carboxylic acids is 7. The lowest BCUT2D eigenvalue weighted by Crippen LogP contribution is -2.38. The van der Waals surface area contributed by atoms with Crippen molar-refractivity contribution in [3.63, 3.8) is 0 Å². The summed E-state index contributed by atoms with van der Waals surface area (Å²) < 4.78 is 127. The zero-order chi connectivity index (χ0) is 92.7. The maximum Gasteiger partial charge on any atom is 0.478 e. The van der Waals surface area contributed by atoms with Crippen LogP contribution in [0.25, 0.3) is 16.6 Å². The fourth-order valence-corrected chi connectivity index (χ4v) is 23.7. The van der Waals surface area contributed by atoms with Gasteiger partial charge in [-0.15, -0.1) is 0 Å². The Morgan fingerprint density at radius 3 is 2.03 bits per heavy atom. The number of aryl methyl sites for hydroxylation is 1. The number of aliphatic hydroxyl groups is 1. The number of nitrogens with one attached hydrogen (secondary N) is 5. The van der Waals surface area contributed by atoms with Gasteiger partial charge in [0.1, 0.15) is 42.0 Å². The summed E-state index contributed by atoms with van der Waals surface area (Å²) in [5.41, 5.74) is 14.7. The van der Waals surface area contributed by atoms with Crippen LogP contribution in [0, 0.1) is 23.7 Å². The molecule has 12 N–H and O–H groups in total. The number of ketones is 3. The number of phosphoric acid groups is 3. The number of aromatic nitrogens is 3. The Balaban J connectivity index is 0.544. The predicted octanol–water partition coefficient (Wildman–Crippen LogP) is 8.69. The standard InChI is InChI=1S/C85H103N10O26P3S4/c1-85(2)66-44-57(93(4)5)30-33-61(66)78(65-41-51-13-9-18-68(87-3)64(51)45-67(65)85)59-16-7-8-17-60(59)83(104)94(6)36-11-15-58(96)39-49-20-26-55(27-21-49)89-81(102)63-32-25-53(43-74(63)128(115,116)117)70(98)40-50-22-28-56(29-23-50)90-80(101)62-31-24-52(42-73(62)127(112,113)114)69(97)19-12-37-125-126-38-34-75(100)88-35-10-14-54-47-95(79-77(54)82(103)92-84(86)91-79)76-46-71(99)72(119-76)48-118-123(108,109)121-124(110,111)120-122(105,106)107/h7-8,16-17,24-25,30-33,41-45,47,49-50,55-56,68,71-72,76,87,99H,9,11-13,15,18-23,26-29,34-40,46,48H2,1-6H3,(H11-,86,88,89,90,91,92,100,101,102,103,105,106,107,108,109,110,111,112,113,114,115,116,117)/p-1/t49?,50?,55?,56?,68?,71?,72-,76-/m1/s1. The van der Waals surface area contributed by atoms with E-state index < -0.39 is 125 Å². The number of benzene rings is 4. The molecule has 4 aromatic carbocycles. The summed E-state index contributed by atoms with van der Waals surface area (Å²) in [7, 11) is -17.3. The quantitative estimate of drug-likeness (QED) is 0.00333. The number of ether oxygens (including phenoxy) is 1. The van der Waals surface area contributed by atoms with Crippen molar-refractivity contribution in [1.29, 1.82) is 0 Å². The van der Waals surface area contributed by atoms with Crippen LogP contribution in [0.5, 0.6) is 0 Å². The summed E-state index contributed by atoms with van der Waals surface area (Å²) in [5.74, 6) is 2.73. The molecule has 4 amide bonds. The van der Waals surface area contributed by atoms with Crippen LogP contribution in [0.1, 0.15) is 227 Å². The molecule has 12 rings (SSSR count). The van der Waals surface area contributed by atoms with Crippen LogP contribution in [0.15, 0.2) is 123 Å². The number of phosphoric ester groups is 1. The van der Waals surface area contributed by atoms with Gasteiger partial charge in [-0.1, -0.05) is 89.7 Å². The van der Waals surface area contributed by atoms with Crippen LogP contribution < -0.4 is 42.3 Å². The lowest BCUT2D eigenvalue weighted by Gasteiger charge is -2.41. The van der Waals surface area contributed by atoms with Crippen molar-refractivity contribution >= 4 is 135 Å². The predicted molar refractivity (Wildman–Crippen MR) is 472 cm³/mol. The normalized spacial score (nSPS) is 21.7. The second-order valence-electron chi connectivity index (χ2n) is 33.3. The van der Waals surface area contributed by atoms with Crippen molar-refractivity contribution in [2.24, 2.45) is 11.8 Å². The van der Waals surface area contributed by atoms with E-state index in [2.05, 4.69) is 105 Å². The van der Waals surface area contributed by atoms with Crippen LogP contribution in [0.2, 0.25) is 0 Å². The minimum absolute atomic E-state index is 0.0445. The lowest BCUT2D eigenvalue weighted by molar-refractivity contribution is -0.462. The molecule has 2 aromatic heterocycles. The SMILES string of the molecule is CNC1CCCc2cc3c(cc21)C(C)(C)C1=CC(=[N+](C)C)C=CC1=C3c1ccccc1C(=O)N(C)CCCC(=O)CC1CCC(NC(=O)c2ccc(C(=O)CC3CCC(NC(=O)c4ccc(C(=O)CCCSSCCC(=O)NCC#Cc5cn([C@H]6CC(O)[C@@H](COP(=O)(O)OP(=O)([O-])OP(=O)([O-])O)O6)c6nc(N)[nH]c(=O)c56)cc4S(=O)(=O)O)CC3)cc2S(=O)(=O)O)CC1. The maximum atomic E-state index is 14.7. The number of anilines is 1. The third-order valence-electron chi connectivity index (χ3n) is 23.8. The van der Waals surface area contributed by atoms with Gasteiger partial charge in [0.05, 0.1) is 41.3 Å². The first-order valence-corrected chi connectivity index (χ1v) is 51.5. The largest absolute Gasteiger partial charge is 0.756 e. The van der Waals surface area contributed by atoms with Gasteiger partial charge in [0, 0.05) is 122 Å². The molecule has 128 heavy (non-hydrogen) atoms. The summed E-state index contributed by atoms with van der Waals surface area (Å²) in [6.07, 6.45) is 11.8. The zero-order valence-electron chi connectivity index (χ0n) is 71.0. The van der Waals surface area contributed by atoms with Gasteiger partial charge < -0.3 is 65.9 Å². The van der Waals surface area contributed by atoms with Gasteiger partial charge in [0.2, 0.25) is 11.9 Å². The number of nitrogens with two attached hydrogens (primary N) is 1. The van der Waals surface area contributed by atoms with Gasteiger partial charge in [-0.25, -0.2) is 17.8 Å². The molecule has 5 aliphatic carbocycles. The van der Waals surface area contributed by atoms with E-state index in [9.17, 15) is 97.8 Å². The first-order chi connectivity index (χ1) is 60.3. The molecular formula is C85H102N10O26P3S4-. The fourth-order valence-electron chi connectivity index (χ4n) is 17.3. The van der Waals surface area contributed by atoms with Crippen molar-refractivity contribution < 1.29 is 120 Å². The molecule has 3 heterocycles. The molecule has 36 nitrogen and oxygen atoms in total. The number of hydrogen-bond acceptors (Lipinski definition) is 27. The van der Waals surface area contributed by atoms with Gasteiger partial charge in [0.25, 0.3) is 59.2 Å². The minimum Gasteiger partial charge on any atom is -0.756 e. The average molecular weight is 1900 g/mol. The van der Waals surface area contributed by atoms with Gasteiger partial charge in [-0.05, 0) is 183 Å². The Morgan fingerprint density at radius 2 is 1.41 bits per heavy atom.